The first-order valence-electron chi connectivity index (χ1n) is 4.89. The van der Waals surface area contributed by atoms with E-state index in [1.807, 2.05) is 0 Å². The van der Waals surface area contributed by atoms with Crippen molar-refractivity contribution in [1.82, 2.24) is 9.97 Å². The molecule has 0 unspecified atom stereocenters. The number of benzene rings is 1. The van der Waals surface area contributed by atoms with Crippen LogP contribution in [-0.4, -0.2) is 17.0 Å². The Labute approximate surface area is 102 Å². The van der Waals surface area contributed by atoms with Gasteiger partial charge in [0.05, 0.1) is 0 Å². The average molecular weight is 252 g/mol. The van der Waals surface area contributed by atoms with Gasteiger partial charge in [-0.15, -0.1) is 0 Å². The largest absolute Gasteiger partial charge is 0.339 e. The van der Waals surface area contributed by atoms with E-state index in [4.69, 9.17) is 11.6 Å². The van der Waals surface area contributed by atoms with Crippen LogP contribution < -0.4 is 16.1 Å². The summed E-state index contributed by atoms with van der Waals surface area (Å²) in [5, 5.41) is 0.623. The number of halogens is 1. The second kappa shape index (κ2) is 4.47. The molecule has 0 radical (unpaired) electrons. The fourth-order valence-corrected chi connectivity index (χ4v) is 1.58. The Morgan fingerprint density at radius 3 is 2.41 bits per heavy atom. The van der Waals surface area contributed by atoms with Crippen molar-refractivity contribution in [2.24, 2.45) is 0 Å². The minimum absolute atomic E-state index is 0.354. The molecule has 0 aliphatic rings. The summed E-state index contributed by atoms with van der Waals surface area (Å²) in [4.78, 5) is 28.7. The van der Waals surface area contributed by atoms with Crippen LogP contribution in [-0.2, 0) is 0 Å². The molecular weight excluding hydrogens is 242 g/mol. The topological polar surface area (TPSA) is 69.0 Å². The molecule has 0 amide bonds. The van der Waals surface area contributed by atoms with Gasteiger partial charge in [0.1, 0.15) is 5.69 Å². The predicted molar refractivity (Wildman–Crippen MR) is 67.2 cm³/mol. The van der Waals surface area contributed by atoms with Crippen molar-refractivity contribution < 1.29 is 0 Å². The molecule has 0 aliphatic heterocycles. The van der Waals surface area contributed by atoms with Gasteiger partial charge in [-0.25, -0.2) is 4.79 Å². The van der Waals surface area contributed by atoms with Crippen LogP contribution >= 0.6 is 11.6 Å². The van der Waals surface area contributed by atoms with Crippen molar-refractivity contribution in [3.8, 4) is 0 Å². The van der Waals surface area contributed by atoms with Gasteiger partial charge in [-0.3, -0.25) is 9.78 Å². The fraction of sp³-hybridized carbons (Fsp3) is 0.0909. The van der Waals surface area contributed by atoms with Crippen molar-refractivity contribution in [2.75, 3.05) is 11.9 Å². The number of nitrogens with one attached hydrogen (secondary N) is 2. The van der Waals surface area contributed by atoms with Gasteiger partial charge in [0.15, 0.2) is 0 Å². The molecule has 17 heavy (non-hydrogen) atoms. The third-order valence-electron chi connectivity index (χ3n) is 2.37. The molecule has 0 aliphatic carbocycles. The maximum absolute atomic E-state index is 11.6. The second-order valence-electron chi connectivity index (χ2n) is 3.49. The Balaban J connectivity index is 2.43. The van der Waals surface area contributed by atoms with Crippen LogP contribution in [0, 0.1) is 0 Å². The molecular formula is C11H10ClN3O2. The van der Waals surface area contributed by atoms with E-state index in [1.54, 1.807) is 36.2 Å². The number of rotatable bonds is 2. The maximum Gasteiger partial charge on any atom is 0.325 e. The first-order valence-corrected chi connectivity index (χ1v) is 5.27. The molecule has 0 bridgehead atoms. The van der Waals surface area contributed by atoms with Crippen LogP contribution in [0.4, 0.5) is 11.4 Å². The number of aromatic amines is 2. The van der Waals surface area contributed by atoms with Gasteiger partial charge < -0.3 is 9.88 Å². The summed E-state index contributed by atoms with van der Waals surface area (Å²) in [5.74, 6) is 0. The minimum Gasteiger partial charge on any atom is -0.339 e. The summed E-state index contributed by atoms with van der Waals surface area (Å²) in [6, 6.07) is 7.03. The van der Waals surface area contributed by atoms with E-state index in [9.17, 15) is 9.59 Å². The van der Waals surface area contributed by atoms with Gasteiger partial charge in [0.2, 0.25) is 0 Å². The third kappa shape index (κ3) is 2.39. The normalized spacial score (nSPS) is 10.2. The molecule has 0 saturated heterocycles. The lowest BCUT2D eigenvalue weighted by Crippen LogP contribution is -2.27. The van der Waals surface area contributed by atoms with Crippen LogP contribution in [0.1, 0.15) is 0 Å². The quantitative estimate of drug-likeness (QED) is 0.850. The molecule has 6 heteroatoms. The number of aromatic nitrogens is 2. The number of hydrogen-bond donors (Lipinski definition) is 2. The van der Waals surface area contributed by atoms with Crippen LogP contribution in [0.3, 0.4) is 0 Å². The van der Waals surface area contributed by atoms with E-state index >= 15 is 0 Å². The minimum atomic E-state index is -0.525. The van der Waals surface area contributed by atoms with Gasteiger partial charge in [-0.1, -0.05) is 11.6 Å². The summed E-state index contributed by atoms with van der Waals surface area (Å²) < 4.78 is 0. The zero-order chi connectivity index (χ0) is 12.4. The number of hydrogen-bond acceptors (Lipinski definition) is 3. The zero-order valence-corrected chi connectivity index (χ0v) is 9.78. The van der Waals surface area contributed by atoms with Gasteiger partial charge in [-0.05, 0) is 24.3 Å². The van der Waals surface area contributed by atoms with Crippen molar-refractivity contribution in [2.45, 2.75) is 0 Å². The molecule has 2 N–H and O–H groups in total. The Hall–Kier alpha value is -2.01. The fourth-order valence-electron chi connectivity index (χ4n) is 1.46. The first-order chi connectivity index (χ1) is 8.08. The van der Waals surface area contributed by atoms with E-state index in [-0.39, 0.29) is 0 Å². The van der Waals surface area contributed by atoms with Crippen molar-refractivity contribution in [3.63, 3.8) is 0 Å². The molecule has 0 fully saturated rings. The van der Waals surface area contributed by atoms with Crippen molar-refractivity contribution in [3.05, 3.63) is 56.3 Å². The lowest BCUT2D eigenvalue weighted by molar-refractivity contribution is 1.01. The predicted octanol–water partition coefficient (Wildman–Crippen LogP) is 1.48. The van der Waals surface area contributed by atoms with E-state index in [2.05, 4.69) is 9.97 Å². The highest BCUT2D eigenvalue weighted by molar-refractivity contribution is 6.30. The molecule has 1 heterocycles. The summed E-state index contributed by atoms with van der Waals surface area (Å²) in [6.45, 7) is 0. The lowest BCUT2D eigenvalue weighted by Gasteiger charge is -2.17. The lowest BCUT2D eigenvalue weighted by atomic mass is 10.3. The summed E-state index contributed by atoms with van der Waals surface area (Å²) in [5.41, 5.74) is 0.188. The molecule has 0 atom stereocenters. The number of anilines is 2. The molecule has 1 aromatic heterocycles. The second-order valence-corrected chi connectivity index (χ2v) is 3.93. The molecule has 1 aromatic carbocycles. The molecule has 5 nitrogen and oxygen atoms in total. The van der Waals surface area contributed by atoms with Crippen molar-refractivity contribution in [1.29, 1.82) is 0 Å². The van der Waals surface area contributed by atoms with Crippen LogP contribution in [0.25, 0.3) is 0 Å². The Kier molecular flexibility index (Phi) is 3.01. The van der Waals surface area contributed by atoms with Crippen LogP contribution in [0.15, 0.2) is 40.1 Å². The van der Waals surface area contributed by atoms with E-state index in [0.717, 1.165) is 5.69 Å². The van der Waals surface area contributed by atoms with Crippen LogP contribution in [0.2, 0.25) is 5.02 Å². The van der Waals surface area contributed by atoms with E-state index in [0.29, 0.717) is 10.7 Å². The Morgan fingerprint density at radius 2 is 1.82 bits per heavy atom. The SMILES string of the molecule is CN(c1ccc(Cl)cc1)c1c[nH]c(=O)[nH]c1=O. The monoisotopic (exact) mass is 251 g/mol. The molecule has 0 saturated carbocycles. The molecule has 0 spiro atoms. The third-order valence-corrected chi connectivity index (χ3v) is 2.63. The van der Waals surface area contributed by atoms with Gasteiger partial charge in [0.25, 0.3) is 5.56 Å². The maximum atomic E-state index is 11.6. The number of nitrogens with zero attached hydrogens (tertiary/aromatic N) is 1. The van der Waals surface area contributed by atoms with Gasteiger partial charge >= 0.3 is 5.69 Å². The highest BCUT2D eigenvalue weighted by Gasteiger charge is 2.08. The Bertz CT molecular complexity index is 630. The standard InChI is InChI=1S/C11H10ClN3O2/c1-15(8-4-2-7(12)3-5-8)9-6-13-11(17)14-10(9)16/h2-6H,1H3,(H2,13,14,16,17). The molecule has 2 rings (SSSR count). The summed E-state index contributed by atoms with van der Waals surface area (Å²) >= 11 is 5.78. The highest BCUT2D eigenvalue weighted by atomic mass is 35.5. The summed E-state index contributed by atoms with van der Waals surface area (Å²) in [6.07, 6.45) is 1.37. The first kappa shape index (κ1) is 11.5. The molecule has 2 aromatic rings. The zero-order valence-electron chi connectivity index (χ0n) is 9.03. The highest BCUT2D eigenvalue weighted by Crippen LogP contribution is 2.21. The van der Waals surface area contributed by atoms with E-state index in [1.165, 1.54) is 6.20 Å². The number of H-pyrrole nitrogens is 2. The Morgan fingerprint density at radius 1 is 1.18 bits per heavy atom. The van der Waals surface area contributed by atoms with E-state index < -0.39 is 11.2 Å². The molecule has 88 valence electrons. The smallest absolute Gasteiger partial charge is 0.325 e. The summed E-state index contributed by atoms with van der Waals surface area (Å²) in [7, 11) is 1.73. The van der Waals surface area contributed by atoms with Crippen molar-refractivity contribution >= 4 is 23.0 Å². The van der Waals surface area contributed by atoms with Crippen LogP contribution in [0.5, 0.6) is 0 Å². The van der Waals surface area contributed by atoms with Gasteiger partial charge in [0, 0.05) is 24.0 Å². The van der Waals surface area contributed by atoms with Gasteiger partial charge in [-0.2, -0.15) is 0 Å². The average Bonchev–Trinajstić information content (AvgIpc) is 2.29.